The fourth-order valence-electron chi connectivity index (χ4n) is 5.72. The summed E-state index contributed by atoms with van der Waals surface area (Å²) in [6, 6.07) is 4.10. The van der Waals surface area contributed by atoms with Crippen LogP contribution in [0.3, 0.4) is 0 Å². The van der Waals surface area contributed by atoms with Crippen molar-refractivity contribution in [3.63, 3.8) is 0 Å². The lowest BCUT2D eigenvalue weighted by molar-refractivity contribution is -0.139. The molecule has 4 heterocycles. The number of hydrogen-bond donors (Lipinski definition) is 2. The van der Waals surface area contributed by atoms with Gasteiger partial charge in [-0.3, -0.25) is 9.48 Å². The molecular weight excluding hydrogens is 515 g/mol. The van der Waals surface area contributed by atoms with Crippen molar-refractivity contribution in [3.05, 3.63) is 35.0 Å². The van der Waals surface area contributed by atoms with Crippen LogP contribution in [0.1, 0.15) is 48.9 Å². The van der Waals surface area contributed by atoms with E-state index in [1.807, 2.05) is 4.68 Å². The van der Waals surface area contributed by atoms with Crippen LogP contribution in [0.4, 0.5) is 13.2 Å². The summed E-state index contributed by atoms with van der Waals surface area (Å²) in [5.41, 5.74) is 2.49. The highest BCUT2D eigenvalue weighted by atomic mass is 32.2. The number of carbonyl (C=O) groups is 1. The molecule has 0 aliphatic carbocycles. The Morgan fingerprint density at radius 1 is 1.08 bits per heavy atom. The molecule has 208 valence electrons. The Balaban J connectivity index is 1.39. The number of alkyl halides is 3. The molecule has 0 saturated carbocycles. The van der Waals surface area contributed by atoms with E-state index in [1.54, 1.807) is 4.90 Å². The highest BCUT2D eigenvalue weighted by Gasteiger charge is 2.34. The van der Waals surface area contributed by atoms with Crippen molar-refractivity contribution >= 4 is 17.7 Å². The molecule has 3 aliphatic heterocycles. The molecule has 0 spiro atoms. The Bertz CT molecular complexity index is 1130. The number of nitrogens with one attached hydrogen (secondary N) is 1. The average Bonchev–Trinajstić information content (AvgIpc) is 3.56. The third-order valence-corrected chi connectivity index (χ3v) is 8.72. The molecule has 0 bridgehead atoms. The summed E-state index contributed by atoms with van der Waals surface area (Å²) in [6.07, 6.45) is 1.06. The van der Waals surface area contributed by atoms with Crippen molar-refractivity contribution in [2.45, 2.75) is 68.8 Å². The summed E-state index contributed by atoms with van der Waals surface area (Å²) < 4.78 is 43.4. The predicted molar refractivity (Wildman–Crippen MR) is 141 cm³/mol. The molecule has 38 heavy (non-hydrogen) atoms. The molecule has 2 fully saturated rings. The first kappa shape index (κ1) is 27.5. The van der Waals surface area contributed by atoms with E-state index in [0.29, 0.717) is 44.0 Å². The molecule has 1 amide bonds. The van der Waals surface area contributed by atoms with Crippen LogP contribution in [0.2, 0.25) is 0 Å². The second-order valence-corrected chi connectivity index (χ2v) is 11.5. The summed E-state index contributed by atoms with van der Waals surface area (Å²) in [5.74, 6) is -0.150. The van der Waals surface area contributed by atoms with Crippen LogP contribution in [-0.4, -0.2) is 81.7 Å². The lowest BCUT2D eigenvalue weighted by Crippen LogP contribution is -2.38. The minimum Gasteiger partial charge on any atom is -0.390 e. The van der Waals surface area contributed by atoms with E-state index >= 15 is 0 Å². The normalized spacial score (nSPS) is 19.5. The number of rotatable bonds is 8. The lowest BCUT2D eigenvalue weighted by atomic mass is 10.0. The van der Waals surface area contributed by atoms with Gasteiger partial charge < -0.3 is 20.2 Å². The monoisotopic (exact) mass is 551 g/mol. The molecule has 2 aromatic rings. The summed E-state index contributed by atoms with van der Waals surface area (Å²) in [5, 5.41) is 19.0. The number of aliphatic hydroxyl groups is 1. The second kappa shape index (κ2) is 12.0. The molecule has 7 nitrogen and oxygen atoms in total. The summed E-state index contributed by atoms with van der Waals surface area (Å²) in [7, 11) is 0. The van der Waals surface area contributed by atoms with Crippen LogP contribution in [0.25, 0.3) is 11.3 Å². The number of carbonyl (C=O) groups excluding carboxylic acids is 1. The van der Waals surface area contributed by atoms with Crippen LogP contribution in [0.15, 0.2) is 23.1 Å². The van der Waals surface area contributed by atoms with Gasteiger partial charge in [-0.15, -0.1) is 11.8 Å². The van der Waals surface area contributed by atoms with Crippen molar-refractivity contribution in [2.75, 3.05) is 45.0 Å². The minimum absolute atomic E-state index is 0.0245. The Hall–Kier alpha value is -2.08. The highest BCUT2D eigenvalue weighted by molar-refractivity contribution is 8.00. The molecule has 11 heteroatoms. The van der Waals surface area contributed by atoms with Gasteiger partial charge in [0.2, 0.25) is 5.91 Å². The Morgan fingerprint density at radius 3 is 2.55 bits per heavy atom. The van der Waals surface area contributed by atoms with E-state index in [-0.39, 0.29) is 16.6 Å². The molecule has 5 rings (SSSR count). The van der Waals surface area contributed by atoms with Gasteiger partial charge in [0.15, 0.2) is 0 Å². The SMILES string of the molecule is O=C(CSc1cc(-c2nn(CC(O)CN3CCCCC3)c3c2CNCC3)ccc1C(F)(F)F)N1CCCC1. The maximum absolute atomic E-state index is 13.9. The maximum atomic E-state index is 13.9. The topological polar surface area (TPSA) is 73.6 Å². The average molecular weight is 552 g/mol. The number of amides is 1. The van der Waals surface area contributed by atoms with Crippen molar-refractivity contribution in [2.24, 2.45) is 0 Å². The van der Waals surface area contributed by atoms with E-state index in [1.165, 1.54) is 18.6 Å². The quantitative estimate of drug-likeness (QED) is 0.487. The number of fused-ring (bicyclic) bond motifs is 1. The number of likely N-dealkylation sites (tertiary alicyclic amines) is 2. The van der Waals surface area contributed by atoms with Crippen LogP contribution in [-0.2, 0) is 30.5 Å². The van der Waals surface area contributed by atoms with Gasteiger partial charge >= 0.3 is 6.18 Å². The maximum Gasteiger partial charge on any atom is 0.417 e. The predicted octanol–water partition coefficient (Wildman–Crippen LogP) is 3.78. The first-order valence-electron chi connectivity index (χ1n) is 13.6. The molecule has 0 radical (unpaired) electrons. The van der Waals surface area contributed by atoms with Crippen LogP contribution in [0, 0.1) is 0 Å². The minimum atomic E-state index is -4.52. The zero-order chi connectivity index (χ0) is 26.7. The fourth-order valence-corrected chi connectivity index (χ4v) is 6.73. The van der Waals surface area contributed by atoms with E-state index in [0.717, 1.165) is 80.8 Å². The van der Waals surface area contributed by atoms with Gasteiger partial charge in [0.05, 0.1) is 29.7 Å². The van der Waals surface area contributed by atoms with Crippen LogP contribution >= 0.6 is 11.8 Å². The van der Waals surface area contributed by atoms with Crippen molar-refractivity contribution in [1.29, 1.82) is 0 Å². The summed E-state index contributed by atoms with van der Waals surface area (Å²) in [4.78, 5) is 16.6. The number of hydrogen-bond acceptors (Lipinski definition) is 6. The number of benzene rings is 1. The fraction of sp³-hybridized carbons (Fsp3) is 0.630. The molecule has 1 aromatic heterocycles. The van der Waals surface area contributed by atoms with Crippen molar-refractivity contribution in [1.82, 2.24) is 24.9 Å². The first-order valence-corrected chi connectivity index (χ1v) is 14.6. The first-order chi connectivity index (χ1) is 18.3. The molecule has 2 N–H and O–H groups in total. The standard InChI is InChI=1S/C27H36F3N5O2S/c28-27(29,30)22-7-6-19(14-24(22)38-18-25(37)34-12-4-5-13-34)26-21-15-31-9-8-23(21)35(32-26)17-20(36)16-33-10-2-1-3-11-33/h6-7,14,20,31,36H,1-5,8-13,15-18H2. The third kappa shape index (κ3) is 6.38. The van der Waals surface area contributed by atoms with E-state index < -0.39 is 17.8 Å². The molecule has 1 aromatic carbocycles. The number of β-amino-alcohol motifs (C(OH)–C–C–N with tert-alkyl or cyclic N) is 1. The highest BCUT2D eigenvalue weighted by Crippen LogP contribution is 2.40. The van der Waals surface area contributed by atoms with Gasteiger partial charge in [0, 0.05) is 60.9 Å². The number of nitrogens with zero attached hydrogens (tertiary/aromatic N) is 4. The van der Waals surface area contributed by atoms with E-state index in [2.05, 4.69) is 10.2 Å². The van der Waals surface area contributed by atoms with Gasteiger partial charge in [-0.2, -0.15) is 18.3 Å². The third-order valence-electron chi connectivity index (χ3n) is 7.68. The Kier molecular flexibility index (Phi) is 8.66. The Labute approximate surface area is 225 Å². The molecule has 2 saturated heterocycles. The van der Waals surface area contributed by atoms with Gasteiger partial charge in [-0.1, -0.05) is 12.5 Å². The summed E-state index contributed by atoms with van der Waals surface area (Å²) >= 11 is 0.945. The number of halogens is 3. The number of aromatic nitrogens is 2. The molecule has 1 unspecified atom stereocenters. The zero-order valence-corrected chi connectivity index (χ0v) is 22.4. The van der Waals surface area contributed by atoms with Gasteiger partial charge in [-0.05, 0) is 50.9 Å². The smallest absolute Gasteiger partial charge is 0.390 e. The van der Waals surface area contributed by atoms with E-state index in [9.17, 15) is 23.1 Å². The van der Waals surface area contributed by atoms with Crippen molar-refractivity contribution < 1.29 is 23.1 Å². The van der Waals surface area contributed by atoms with Crippen LogP contribution < -0.4 is 5.32 Å². The molecule has 3 aliphatic rings. The van der Waals surface area contributed by atoms with Gasteiger partial charge in [-0.25, -0.2) is 0 Å². The Morgan fingerprint density at radius 2 is 1.82 bits per heavy atom. The van der Waals surface area contributed by atoms with Gasteiger partial charge in [0.25, 0.3) is 0 Å². The largest absolute Gasteiger partial charge is 0.417 e. The summed E-state index contributed by atoms with van der Waals surface area (Å²) in [6.45, 7) is 5.64. The molecular formula is C27H36F3N5O2S. The lowest BCUT2D eigenvalue weighted by Gasteiger charge is -2.28. The second-order valence-electron chi connectivity index (χ2n) is 10.5. The van der Waals surface area contributed by atoms with Crippen LogP contribution in [0.5, 0.6) is 0 Å². The number of aliphatic hydroxyl groups excluding tert-OH is 1. The van der Waals surface area contributed by atoms with Crippen molar-refractivity contribution in [3.8, 4) is 11.3 Å². The zero-order valence-electron chi connectivity index (χ0n) is 21.6. The van der Waals surface area contributed by atoms with Gasteiger partial charge in [0.1, 0.15) is 0 Å². The number of thioether (sulfide) groups is 1. The number of piperidine rings is 1. The van der Waals surface area contributed by atoms with E-state index in [4.69, 9.17) is 5.10 Å². The molecule has 1 atom stereocenters.